The Morgan fingerprint density at radius 1 is 1.23 bits per heavy atom. The molecule has 0 fully saturated rings. The first kappa shape index (κ1) is 14.7. The van der Waals surface area contributed by atoms with Crippen molar-refractivity contribution in [3.8, 4) is 11.5 Å². The maximum Gasteiger partial charge on any atom is 0.193 e. The lowest BCUT2D eigenvalue weighted by Gasteiger charge is -2.10. The van der Waals surface area contributed by atoms with Gasteiger partial charge in [-0.1, -0.05) is 6.07 Å². The van der Waals surface area contributed by atoms with E-state index in [2.05, 4.69) is 21.8 Å². The third kappa shape index (κ3) is 3.92. The molecule has 3 rings (SSSR count). The summed E-state index contributed by atoms with van der Waals surface area (Å²) >= 11 is 1.74. The summed E-state index contributed by atoms with van der Waals surface area (Å²) in [5.41, 5.74) is 6.77. The number of nitrogens with zero attached hydrogens (tertiary/aromatic N) is 1. The molecule has 1 aromatic carbocycles. The number of hydrogen-bond donors (Lipinski definition) is 2. The first-order valence-corrected chi connectivity index (χ1v) is 8.18. The summed E-state index contributed by atoms with van der Waals surface area (Å²) in [5, 5.41) is 5.16. The molecule has 116 valence electrons. The van der Waals surface area contributed by atoms with E-state index in [-0.39, 0.29) is 0 Å². The van der Waals surface area contributed by atoms with Gasteiger partial charge in [-0.2, -0.15) is 0 Å². The van der Waals surface area contributed by atoms with Crippen molar-refractivity contribution in [1.82, 2.24) is 0 Å². The Labute approximate surface area is 133 Å². The molecule has 6 heteroatoms. The number of benzene rings is 1. The standard InChI is InChI=1S/C16H19N3O2S/c17-16(18-7-6-13-3-1-10-22-13)19-12-4-5-14-15(11-12)21-9-2-8-20-14/h1,3-5,10-11H,2,6-9H2,(H3,17,18,19). The van der Waals surface area contributed by atoms with Crippen molar-refractivity contribution in [2.75, 3.05) is 25.1 Å². The van der Waals surface area contributed by atoms with Crippen LogP contribution in [0.2, 0.25) is 0 Å². The van der Waals surface area contributed by atoms with Gasteiger partial charge in [-0.15, -0.1) is 11.3 Å². The molecule has 22 heavy (non-hydrogen) atoms. The van der Waals surface area contributed by atoms with Gasteiger partial charge in [0.15, 0.2) is 17.5 Å². The Morgan fingerprint density at radius 2 is 2.09 bits per heavy atom. The number of thiophene rings is 1. The van der Waals surface area contributed by atoms with Gasteiger partial charge < -0.3 is 20.5 Å². The van der Waals surface area contributed by atoms with Gasteiger partial charge >= 0.3 is 0 Å². The summed E-state index contributed by atoms with van der Waals surface area (Å²) in [6, 6.07) is 9.84. The van der Waals surface area contributed by atoms with Crippen LogP contribution in [0.15, 0.2) is 40.7 Å². The van der Waals surface area contributed by atoms with Crippen LogP contribution >= 0.6 is 11.3 Å². The second kappa shape index (κ2) is 7.17. The minimum atomic E-state index is 0.408. The Hall–Kier alpha value is -2.21. The molecule has 1 aliphatic heterocycles. The van der Waals surface area contributed by atoms with Crippen molar-refractivity contribution >= 4 is 23.0 Å². The Kier molecular flexibility index (Phi) is 4.80. The SMILES string of the molecule is NC(=NCCc1cccs1)Nc1ccc2c(c1)OCCCO2. The van der Waals surface area contributed by atoms with E-state index in [1.54, 1.807) is 11.3 Å². The van der Waals surface area contributed by atoms with E-state index in [0.29, 0.717) is 25.7 Å². The van der Waals surface area contributed by atoms with Crippen molar-refractivity contribution in [1.29, 1.82) is 0 Å². The van der Waals surface area contributed by atoms with E-state index in [4.69, 9.17) is 15.2 Å². The number of anilines is 1. The van der Waals surface area contributed by atoms with E-state index in [1.807, 2.05) is 24.3 Å². The van der Waals surface area contributed by atoms with Crippen LogP contribution in [-0.4, -0.2) is 25.7 Å². The molecular weight excluding hydrogens is 298 g/mol. The predicted molar refractivity (Wildman–Crippen MR) is 90.2 cm³/mol. The highest BCUT2D eigenvalue weighted by Gasteiger charge is 2.10. The van der Waals surface area contributed by atoms with E-state index in [9.17, 15) is 0 Å². The van der Waals surface area contributed by atoms with E-state index < -0.39 is 0 Å². The van der Waals surface area contributed by atoms with Gasteiger partial charge in [-0.25, -0.2) is 0 Å². The van der Waals surface area contributed by atoms with Gasteiger partial charge in [0.1, 0.15) is 0 Å². The number of hydrogen-bond acceptors (Lipinski definition) is 4. The minimum Gasteiger partial charge on any atom is -0.490 e. The van der Waals surface area contributed by atoms with Crippen LogP contribution in [0, 0.1) is 0 Å². The number of nitrogens with one attached hydrogen (secondary N) is 1. The lowest BCUT2D eigenvalue weighted by molar-refractivity contribution is 0.297. The van der Waals surface area contributed by atoms with Crippen molar-refractivity contribution in [3.63, 3.8) is 0 Å². The highest BCUT2D eigenvalue weighted by molar-refractivity contribution is 7.09. The van der Waals surface area contributed by atoms with Crippen molar-refractivity contribution in [3.05, 3.63) is 40.6 Å². The average Bonchev–Trinajstić information content (AvgIpc) is 2.91. The molecule has 0 spiro atoms. The molecule has 5 nitrogen and oxygen atoms in total. The molecule has 0 radical (unpaired) electrons. The lowest BCUT2D eigenvalue weighted by atomic mass is 10.3. The number of rotatable bonds is 4. The normalized spacial score (nSPS) is 14.5. The third-order valence-electron chi connectivity index (χ3n) is 3.24. The maximum atomic E-state index is 5.92. The minimum absolute atomic E-state index is 0.408. The molecule has 1 aromatic heterocycles. The summed E-state index contributed by atoms with van der Waals surface area (Å²) in [6.07, 6.45) is 1.80. The molecular formula is C16H19N3O2S. The Morgan fingerprint density at radius 3 is 2.91 bits per heavy atom. The fourth-order valence-corrected chi connectivity index (χ4v) is 2.87. The van der Waals surface area contributed by atoms with Gasteiger partial charge in [-0.05, 0) is 23.6 Å². The molecule has 0 atom stereocenters. The van der Waals surface area contributed by atoms with Gasteiger partial charge in [0, 0.05) is 36.0 Å². The second-order valence-corrected chi connectivity index (χ2v) is 5.97. The molecule has 0 aliphatic carbocycles. The largest absolute Gasteiger partial charge is 0.490 e. The second-order valence-electron chi connectivity index (χ2n) is 4.93. The zero-order valence-corrected chi connectivity index (χ0v) is 13.1. The molecule has 0 amide bonds. The smallest absolute Gasteiger partial charge is 0.193 e. The Bertz CT molecular complexity index is 641. The van der Waals surface area contributed by atoms with Crippen LogP contribution < -0.4 is 20.5 Å². The third-order valence-corrected chi connectivity index (χ3v) is 4.18. The molecule has 2 heterocycles. The lowest BCUT2D eigenvalue weighted by Crippen LogP contribution is -2.23. The van der Waals surface area contributed by atoms with Crippen molar-refractivity contribution in [2.45, 2.75) is 12.8 Å². The Balaban J connectivity index is 1.58. The molecule has 0 bridgehead atoms. The number of aliphatic imine (C=N–C) groups is 1. The van der Waals surface area contributed by atoms with Crippen LogP contribution in [0.4, 0.5) is 5.69 Å². The van der Waals surface area contributed by atoms with Gasteiger partial charge in [0.2, 0.25) is 0 Å². The molecule has 3 N–H and O–H groups in total. The summed E-state index contributed by atoms with van der Waals surface area (Å²) in [7, 11) is 0. The monoisotopic (exact) mass is 317 g/mol. The van der Waals surface area contributed by atoms with E-state index in [0.717, 1.165) is 30.0 Å². The number of guanidine groups is 1. The van der Waals surface area contributed by atoms with Gasteiger partial charge in [0.05, 0.1) is 13.2 Å². The number of fused-ring (bicyclic) bond motifs is 1. The van der Waals surface area contributed by atoms with Crippen LogP contribution in [0.5, 0.6) is 11.5 Å². The predicted octanol–water partition coefficient (Wildman–Crippen LogP) is 2.88. The van der Waals surface area contributed by atoms with Crippen LogP contribution in [0.3, 0.4) is 0 Å². The molecule has 0 saturated carbocycles. The fraction of sp³-hybridized carbons (Fsp3) is 0.312. The van der Waals surface area contributed by atoms with Gasteiger partial charge in [0.25, 0.3) is 0 Å². The zero-order chi connectivity index (χ0) is 15.2. The van der Waals surface area contributed by atoms with Crippen LogP contribution in [0.1, 0.15) is 11.3 Å². The summed E-state index contributed by atoms with van der Waals surface area (Å²) in [4.78, 5) is 5.65. The molecule has 2 aromatic rings. The quantitative estimate of drug-likeness (QED) is 0.672. The highest BCUT2D eigenvalue weighted by Crippen LogP contribution is 2.32. The zero-order valence-electron chi connectivity index (χ0n) is 12.2. The topological polar surface area (TPSA) is 68.9 Å². The van der Waals surface area contributed by atoms with Crippen LogP contribution in [0.25, 0.3) is 0 Å². The summed E-state index contributed by atoms with van der Waals surface area (Å²) in [5.74, 6) is 1.93. The summed E-state index contributed by atoms with van der Waals surface area (Å²) in [6.45, 7) is 2.02. The molecule has 0 unspecified atom stereocenters. The number of ether oxygens (including phenoxy) is 2. The van der Waals surface area contributed by atoms with E-state index in [1.165, 1.54) is 4.88 Å². The number of nitrogens with two attached hydrogens (primary N) is 1. The molecule has 1 aliphatic rings. The van der Waals surface area contributed by atoms with Crippen LogP contribution in [-0.2, 0) is 6.42 Å². The average molecular weight is 317 g/mol. The van der Waals surface area contributed by atoms with Gasteiger partial charge in [-0.3, -0.25) is 4.99 Å². The highest BCUT2D eigenvalue weighted by atomic mass is 32.1. The fourth-order valence-electron chi connectivity index (χ4n) is 2.17. The first-order valence-electron chi connectivity index (χ1n) is 7.30. The first-order chi connectivity index (χ1) is 10.8. The molecule has 0 saturated heterocycles. The van der Waals surface area contributed by atoms with E-state index >= 15 is 0 Å². The van der Waals surface area contributed by atoms with Crippen molar-refractivity contribution < 1.29 is 9.47 Å². The summed E-state index contributed by atoms with van der Waals surface area (Å²) < 4.78 is 11.3. The van der Waals surface area contributed by atoms with Crippen molar-refractivity contribution in [2.24, 2.45) is 10.7 Å². The maximum absolute atomic E-state index is 5.92.